The maximum absolute atomic E-state index is 12.4. The van der Waals surface area contributed by atoms with Gasteiger partial charge in [-0.05, 0) is 18.4 Å². The molecule has 1 amide bonds. The molecule has 0 fully saturated rings. The van der Waals surface area contributed by atoms with Crippen LogP contribution in [0.3, 0.4) is 0 Å². The maximum Gasteiger partial charge on any atom is 0.237 e. The Balaban J connectivity index is 1.75. The van der Waals surface area contributed by atoms with Crippen LogP contribution in [0.5, 0.6) is 0 Å². The topological polar surface area (TPSA) is 80.9 Å². The number of nitrogens with one attached hydrogen (secondary N) is 1. The first-order valence-corrected chi connectivity index (χ1v) is 8.37. The Morgan fingerprint density at radius 1 is 1.23 bits per heavy atom. The normalized spacial score (nSPS) is 12.2. The van der Waals surface area contributed by atoms with Gasteiger partial charge in [-0.3, -0.25) is 4.79 Å². The van der Waals surface area contributed by atoms with E-state index >= 15 is 0 Å². The molecule has 1 aromatic heterocycles. The SMILES string of the molecule is C[C@@H](Sc1nnc(N)s1)C(=O)Nc1cccc2ccccc12. The molecule has 2 aromatic carbocycles. The van der Waals surface area contributed by atoms with Crippen LogP contribution in [0.25, 0.3) is 10.8 Å². The van der Waals surface area contributed by atoms with Crippen molar-refractivity contribution in [3.63, 3.8) is 0 Å². The third-order valence-corrected chi connectivity index (χ3v) is 5.05. The van der Waals surface area contributed by atoms with Gasteiger partial charge in [0, 0.05) is 11.1 Å². The summed E-state index contributed by atoms with van der Waals surface area (Å²) in [6, 6.07) is 13.8. The van der Waals surface area contributed by atoms with Crippen molar-refractivity contribution in [3.05, 3.63) is 42.5 Å². The molecule has 0 unspecified atom stereocenters. The average molecular weight is 330 g/mol. The van der Waals surface area contributed by atoms with Crippen molar-refractivity contribution in [2.24, 2.45) is 0 Å². The molecule has 3 aromatic rings. The predicted molar refractivity (Wildman–Crippen MR) is 92.2 cm³/mol. The number of hydrogen-bond acceptors (Lipinski definition) is 6. The summed E-state index contributed by atoms with van der Waals surface area (Å²) in [6.45, 7) is 1.84. The van der Waals surface area contributed by atoms with Crippen LogP contribution in [-0.2, 0) is 4.79 Å². The minimum atomic E-state index is -0.286. The lowest BCUT2D eigenvalue weighted by Crippen LogP contribution is -2.22. The van der Waals surface area contributed by atoms with Gasteiger partial charge in [-0.2, -0.15) is 0 Å². The molecule has 0 saturated carbocycles. The number of anilines is 2. The number of amides is 1. The molecule has 0 aliphatic rings. The first kappa shape index (κ1) is 14.8. The molecule has 1 atom stereocenters. The Morgan fingerprint density at radius 3 is 2.77 bits per heavy atom. The maximum atomic E-state index is 12.4. The molecule has 0 radical (unpaired) electrons. The summed E-state index contributed by atoms with van der Waals surface area (Å²) >= 11 is 2.63. The van der Waals surface area contributed by atoms with E-state index in [0.717, 1.165) is 16.5 Å². The Bertz CT molecular complexity index is 813. The van der Waals surface area contributed by atoms with Crippen molar-refractivity contribution in [3.8, 4) is 0 Å². The Kier molecular flexibility index (Phi) is 4.26. The third kappa shape index (κ3) is 3.20. The molecule has 0 bridgehead atoms. The van der Waals surface area contributed by atoms with Gasteiger partial charge in [0.1, 0.15) is 0 Å². The highest BCUT2D eigenvalue weighted by atomic mass is 32.2. The van der Waals surface area contributed by atoms with E-state index in [9.17, 15) is 4.79 Å². The number of carbonyl (C=O) groups excluding carboxylic acids is 1. The first-order chi connectivity index (χ1) is 10.6. The lowest BCUT2D eigenvalue weighted by molar-refractivity contribution is -0.115. The van der Waals surface area contributed by atoms with Gasteiger partial charge < -0.3 is 11.1 Å². The number of rotatable bonds is 4. The van der Waals surface area contributed by atoms with E-state index in [-0.39, 0.29) is 11.2 Å². The lowest BCUT2D eigenvalue weighted by Gasteiger charge is -2.12. The Hall–Kier alpha value is -2.12. The molecule has 22 heavy (non-hydrogen) atoms. The highest BCUT2D eigenvalue weighted by Crippen LogP contribution is 2.29. The van der Waals surface area contributed by atoms with E-state index in [0.29, 0.717) is 9.47 Å². The van der Waals surface area contributed by atoms with Crippen LogP contribution in [0, 0.1) is 0 Å². The molecular formula is C15H14N4OS2. The lowest BCUT2D eigenvalue weighted by atomic mass is 10.1. The van der Waals surface area contributed by atoms with E-state index in [4.69, 9.17) is 5.73 Å². The number of nitrogen functional groups attached to an aromatic ring is 1. The van der Waals surface area contributed by atoms with Gasteiger partial charge in [-0.1, -0.05) is 59.5 Å². The van der Waals surface area contributed by atoms with Crippen molar-refractivity contribution in [1.29, 1.82) is 0 Å². The fourth-order valence-corrected chi connectivity index (χ4v) is 3.82. The zero-order chi connectivity index (χ0) is 15.5. The van der Waals surface area contributed by atoms with Crippen LogP contribution in [0.15, 0.2) is 46.8 Å². The summed E-state index contributed by atoms with van der Waals surface area (Å²) in [6.07, 6.45) is 0. The molecule has 112 valence electrons. The van der Waals surface area contributed by atoms with Gasteiger partial charge in [0.2, 0.25) is 11.0 Å². The van der Waals surface area contributed by atoms with Crippen LogP contribution >= 0.6 is 23.1 Å². The number of nitrogens with two attached hydrogens (primary N) is 1. The summed E-state index contributed by atoms with van der Waals surface area (Å²) in [4.78, 5) is 12.4. The van der Waals surface area contributed by atoms with Gasteiger partial charge in [0.25, 0.3) is 0 Å². The smallest absolute Gasteiger partial charge is 0.237 e. The Labute approximate surface area is 135 Å². The standard InChI is InChI=1S/C15H14N4OS2/c1-9(21-15-19-18-14(16)22-15)13(20)17-12-8-4-6-10-5-2-3-7-11(10)12/h2-9H,1H3,(H2,16,18)(H,17,20)/t9-/m1/s1. The molecule has 0 aliphatic heterocycles. The Morgan fingerprint density at radius 2 is 2.00 bits per heavy atom. The number of aromatic nitrogens is 2. The zero-order valence-electron chi connectivity index (χ0n) is 11.8. The van der Waals surface area contributed by atoms with Gasteiger partial charge in [-0.15, -0.1) is 10.2 Å². The van der Waals surface area contributed by atoms with Crippen LogP contribution in [-0.4, -0.2) is 21.4 Å². The van der Waals surface area contributed by atoms with Crippen LogP contribution < -0.4 is 11.1 Å². The van der Waals surface area contributed by atoms with Gasteiger partial charge in [0.15, 0.2) is 4.34 Å². The molecule has 0 saturated heterocycles. The second-order valence-electron chi connectivity index (χ2n) is 4.68. The van der Waals surface area contributed by atoms with Gasteiger partial charge in [0.05, 0.1) is 5.25 Å². The second-order valence-corrected chi connectivity index (χ2v) is 7.28. The average Bonchev–Trinajstić information content (AvgIpc) is 2.92. The number of thioether (sulfide) groups is 1. The summed E-state index contributed by atoms with van der Waals surface area (Å²) in [7, 11) is 0. The van der Waals surface area contributed by atoms with E-state index < -0.39 is 0 Å². The molecule has 7 heteroatoms. The monoisotopic (exact) mass is 330 g/mol. The molecule has 0 aliphatic carbocycles. The number of fused-ring (bicyclic) bond motifs is 1. The summed E-state index contributed by atoms with van der Waals surface area (Å²) in [5.41, 5.74) is 6.36. The fraction of sp³-hybridized carbons (Fsp3) is 0.133. The molecule has 5 nitrogen and oxygen atoms in total. The summed E-state index contributed by atoms with van der Waals surface area (Å²) in [5, 5.41) is 12.9. The van der Waals surface area contributed by atoms with Gasteiger partial charge in [-0.25, -0.2) is 0 Å². The largest absolute Gasteiger partial charge is 0.374 e. The quantitative estimate of drug-likeness (QED) is 0.717. The van der Waals surface area contributed by atoms with E-state index in [1.807, 2.05) is 49.4 Å². The number of benzene rings is 2. The molecule has 3 N–H and O–H groups in total. The minimum Gasteiger partial charge on any atom is -0.374 e. The minimum absolute atomic E-state index is 0.0740. The molecule has 3 rings (SSSR count). The van der Waals surface area contributed by atoms with E-state index in [1.54, 1.807) is 0 Å². The van der Waals surface area contributed by atoms with Crippen molar-refractivity contribution in [2.75, 3.05) is 11.1 Å². The number of nitrogens with zero attached hydrogens (tertiary/aromatic N) is 2. The van der Waals surface area contributed by atoms with E-state index in [1.165, 1.54) is 23.1 Å². The molecular weight excluding hydrogens is 316 g/mol. The molecule has 1 heterocycles. The van der Waals surface area contributed by atoms with Crippen molar-refractivity contribution < 1.29 is 4.79 Å². The van der Waals surface area contributed by atoms with Gasteiger partial charge >= 0.3 is 0 Å². The number of hydrogen-bond donors (Lipinski definition) is 2. The highest BCUT2D eigenvalue weighted by Gasteiger charge is 2.17. The second kappa shape index (κ2) is 6.33. The third-order valence-electron chi connectivity index (χ3n) is 3.12. The van der Waals surface area contributed by atoms with Crippen molar-refractivity contribution in [2.45, 2.75) is 16.5 Å². The van der Waals surface area contributed by atoms with Crippen molar-refractivity contribution in [1.82, 2.24) is 10.2 Å². The fourth-order valence-electron chi connectivity index (χ4n) is 2.04. The van der Waals surface area contributed by atoms with Crippen LogP contribution in [0.1, 0.15) is 6.92 Å². The van der Waals surface area contributed by atoms with Crippen LogP contribution in [0.2, 0.25) is 0 Å². The van der Waals surface area contributed by atoms with Crippen LogP contribution in [0.4, 0.5) is 10.8 Å². The molecule has 0 spiro atoms. The predicted octanol–water partition coefficient (Wildman–Crippen LogP) is 3.39. The summed E-state index contributed by atoms with van der Waals surface area (Å²) < 4.78 is 0.693. The number of carbonyl (C=O) groups is 1. The van der Waals surface area contributed by atoms with Crippen molar-refractivity contribution >= 4 is 50.6 Å². The highest BCUT2D eigenvalue weighted by molar-refractivity contribution is 8.02. The zero-order valence-corrected chi connectivity index (χ0v) is 13.4. The summed E-state index contributed by atoms with van der Waals surface area (Å²) in [5.74, 6) is -0.0740. The van der Waals surface area contributed by atoms with E-state index in [2.05, 4.69) is 15.5 Å². The first-order valence-electron chi connectivity index (χ1n) is 6.68.